The van der Waals surface area contributed by atoms with Crippen molar-refractivity contribution in [3.63, 3.8) is 0 Å². The first-order valence-corrected chi connectivity index (χ1v) is 5.66. The molecular weight excluding hydrogens is 188 g/mol. The normalized spacial score (nSPS) is 12.7. The summed E-state index contributed by atoms with van der Waals surface area (Å²) in [4.78, 5) is 0. The van der Waals surface area contributed by atoms with Crippen molar-refractivity contribution in [2.24, 2.45) is 0 Å². The van der Waals surface area contributed by atoms with E-state index in [1.807, 2.05) is 18.2 Å². The molecule has 1 rings (SSSR count). The van der Waals surface area contributed by atoms with Crippen LogP contribution in [0, 0.1) is 0 Å². The molecule has 0 amide bonds. The molecule has 84 valence electrons. The predicted molar refractivity (Wildman–Crippen MR) is 61.7 cm³/mol. The average Bonchev–Trinajstić information content (AvgIpc) is 2.28. The molecule has 0 spiro atoms. The maximum atomic E-state index is 9.66. The first-order valence-electron chi connectivity index (χ1n) is 5.66. The molecule has 1 aromatic carbocycles. The minimum absolute atomic E-state index is 0.225. The Morgan fingerprint density at radius 2 is 1.73 bits per heavy atom. The van der Waals surface area contributed by atoms with Gasteiger partial charge in [-0.25, -0.2) is 0 Å². The zero-order valence-electron chi connectivity index (χ0n) is 9.10. The van der Waals surface area contributed by atoms with Gasteiger partial charge in [-0.2, -0.15) is 0 Å². The molecule has 0 aliphatic carbocycles. The molecule has 2 N–H and O–H groups in total. The van der Waals surface area contributed by atoms with E-state index >= 15 is 0 Å². The van der Waals surface area contributed by atoms with Gasteiger partial charge in [0, 0.05) is 6.61 Å². The van der Waals surface area contributed by atoms with Crippen LogP contribution < -0.4 is 0 Å². The molecule has 2 heteroatoms. The van der Waals surface area contributed by atoms with Gasteiger partial charge < -0.3 is 10.2 Å². The number of benzene rings is 1. The van der Waals surface area contributed by atoms with E-state index in [0.717, 1.165) is 32.1 Å². The lowest BCUT2D eigenvalue weighted by Gasteiger charge is -2.09. The molecule has 15 heavy (non-hydrogen) atoms. The van der Waals surface area contributed by atoms with Gasteiger partial charge in [-0.1, -0.05) is 30.3 Å². The van der Waals surface area contributed by atoms with Crippen LogP contribution >= 0.6 is 0 Å². The van der Waals surface area contributed by atoms with E-state index in [0.29, 0.717) is 0 Å². The summed E-state index contributed by atoms with van der Waals surface area (Å²) in [7, 11) is 0. The van der Waals surface area contributed by atoms with Crippen molar-refractivity contribution in [1.82, 2.24) is 0 Å². The van der Waals surface area contributed by atoms with Gasteiger partial charge in [0.2, 0.25) is 0 Å². The van der Waals surface area contributed by atoms with Gasteiger partial charge >= 0.3 is 0 Å². The maximum Gasteiger partial charge on any atom is 0.0543 e. The third-order valence-electron chi connectivity index (χ3n) is 2.55. The summed E-state index contributed by atoms with van der Waals surface area (Å²) in [5.41, 5.74) is 1.28. The number of unbranched alkanes of at least 4 members (excludes halogenated alkanes) is 1. The topological polar surface area (TPSA) is 40.5 Å². The van der Waals surface area contributed by atoms with Crippen LogP contribution in [0.4, 0.5) is 0 Å². The molecule has 1 aromatic rings. The van der Waals surface area contributed by atoms with Crippen LogP contribution in [0.1, 0.15) is 31.2 Å². The molecule has 1 atom stereocenters. The molecular formula is C13H20O2. The number of hydrogen-bond donors (Lipinski definition) is 2. The molecule has 0 radical (unpaired) electrons. The quantitative estimate of drug-likeness (QED) is 0.674. The molecule has 0 fully saturated rings. The molecule has 0 heterocycles. The van der Waals surface area contributed by atoms with E-state index in [-0.39, 0.29) is 12.7 Å². The number of rotatable bonds is 7. The largest absolute Gasteiger partial charge is 0.396 e. The van der Waals surface area contributed by atoms with E-state index in [1.54, 1.807) is 0 Å². The maximum absolute atomic E-state index is 9.66. The van der Waals surface area contributed by atoms with E-state index in [1.165, 1.54) is 5.56 Å². The highest BCUT2D eigenvalue weighted by atomic mass is 16.3. The summed E-state index contributed by atoms with van der Waals surface area (Å²) in [5, 5.41) is 18.3. The van der Waals surface area contributed by atoms with Crippen molar-refractivity contribution < 1.29 is 10.2 Å². The Balaban J connectivity index is 2.14. The van der Waals surface area contributed by atoms with Crippen LogP contribution in [-0.4, -0.2) is 22.9 Å². The Morgan fingerprint density at radius 1 is 1.00 bits per heavy atom. The molecule has 0 bridgehead atoms. The number of hydrogen-bond acceptors (Lipinski definition) is 2. The van der Waals surface area contributed by atoms with Crippen molar-refractivity contribution in [1.29, 1.82) is 0 Å². The highest BCUT2D eigenvalue weighted by Crippen LogP contribution is 2.09. The summed E-state index contributed by atoms with van der Waals surface area (Å²) < 4.78 is 0. The minimum Gasteiger partial charge on any atom is -0.396 e. The summed E-state index contributed by atoms with van der Waals surface area (Å²) in [6, 6.07) is 10.2. The molecule has 0 aromatic heterocycles. The van der Waals surface area contributed by atoms with Crippen LogP contribution in [0.2, 0.25) is 0 Å². The summed E-state index contributed by atoms with van der Waals surface area (Å²) in [5.74, 6) is 0. The lowest BCUT2D eigenvalue weighted by molar-refractivity contribution is 0.148. The van der Waals surface area contributed by atoms with E-state index in [9.17, 15) is 5.11 Å². The SMILES string of the molecule is OCCCC[C@H](O)CCc1ccccc1. The van der Waals surface area contributed by atoms with Gasteiger partial charge in [0.1, 0.15) is 0 Å². The zero-order chi connectivity index (χ0) is 10.9. The van der Waals surface area contributed by atoms with E-state index < -0.39 is 0 Å². The minimum atomic E-state index is -0.225. The van der Waals surface area contributed by atoms with Crippen molar-refractivity contribution in [3.05, 3.63) is 35.9 Å². The second kappa shape index (κ2) is 7.43. The predicted octanol–water partition coefficient (Wildman–Crippen LogP) is 2.14. The number of aliphatic hydroxyl groups is 2. The molecule has 0 saturated heterocycles. The van der Waals surface area contributed by atoms with Crippen molar-refractivity contribution >= 4 is 0 Å². The second-order valence-electron chi connectivity index (χ2n) is 3.90. The third-order valence-corrected chi connectivity index (χ3v) is 2.55. The van der Waals surface area contributed by atoms with E-state index in [4.69, 9.17) is 5.11 Å². The second-order valence-corrected chi connectivity index (χ2v) is 3.90. The third kappa shape index (κ3) is 5.55. The number of aliphatic hydroxyl groups excluding tert-OH is 2. The standard InChI is InChI=1S/C13H20O2/c14-11-5-4-8-13(15)10-9-12-6-2-1-3-7-12/h1-3,6-7,13-15H,4-5,8-11H2/t13-/m0/s1. The fourth-order valence-electron chi connectivity index (χ4n) is 1.61. The first-order chi connectivity index (χ1) is 7.33. The molecule has 2 nitrogen and oxygen atoms in total. The van der Waals surface area contributed by atoms with Crippen molar-refractivity contribution in [2.75, 3.05) is 6.61 Å². The van der Waals surface area contributed by atoms with Gasteiger partial charge in [-0.3, -0.25) is 0 Å². The lowest BCUT2D eigenvalue weighted by Crippen LogP contribution is -2.08. The number of aryl methyl sites for hydroxylation is 1. The van der Waals surface area contributed by atoms with Crippen LogP contribution in [0.25, 0.3) is 0 Å². The van der Waals surface area contributed by atoms with Gasteiger partial charge in [-0.05, 0) is 37.7 Å². The average molecular weight is 208 g/mol. The smallest absolute Gasteiger partial charge is 0.0543 e. The fraction of sp³-hybridized carbons (Fsp3) is 0.538. The van der Waals surface area contributed by atoms with Crippen molar-refractivity contribution in [3.8, 4) is 0 Å². The molecule has 0 saturated carbocycles. The summed E-state index contributed by atoms with van der Waals surface area (Å²) in [6.07, 6.45) is 4.02. The Labute approximate surface area is 91.6 Å². The molecule has 0 aliphatic heterocycles. The summed E-state index contributed by atoms with van der Waals surface area (Å²) in [6.45, 7) is 0.228. The molecule has 0 aliphatic rings. The van der Waals surface area contributed by atoms with Gasteiger partial charge in [0.25, 0.3) is 0 Å². The lowest BCUT2D eigenvalue weighted by atomic mass is 10.0. The van der Waals surface area contributed by atoms with Gasteiger partial charge in [-0.15, -0.1) is 0 Å². The van der Waals surface area contributed by atoms with E-state index in [2.05, 4.69) is 12.1 Å². The Morgan fingerprint density at radius 3 is 2.40 bits per heavy atom. The summed E-state index contributed by atoms with van der Waals surface area (Å²) >= 11 is 0. The zero-order valence-corrected chi connectivity index (χ0v) is 9.10. The highest BCUT2D eigenvalue weighted by Gasteiger charge is 2.03. The van der Waals surface area contributed by atoms with Crippen LogP contribution in [0.3, 0.4) is 0 Å². The Bertz CT molecular complexity index is 246. The van der Waals surface area contributed by atoms with Gasteiger partial charge in [0.15, 0.2) is 0 Å². The fourth-order valence-corrected chi connectivity index (χ4v) is 1.61. The van der Waals surface area contributed by atoms with Crippen LogP contribution in [0.5, 0.6) is 0 Å². The highest BCUT2D eigenvalue weighted by molar-refractivity contribution is 5.14. The first kappa shape index (κ1) is 12.2. The monoisotopic (exact) mass is 208 g/mol. The van der Waals surface area contributed by atoms with Gasteiger partial charge in [0.05, 0.1) is 6.10 Å². The molecule has 0 unspecified atom stereocenters. The van der Waals surface area contributed by atoms with Crippen molar-refractivity contribution in [2.45, 2.75) is 38.2 Å². The van der Waals surface area contributed by atoms with Crippen LogP contribution in [0.15, 0.2) is 30.3 Å². The van der Waals surface area contributed by atoms with Crippen LogP contribution in [-0.2, 0) is 6.42 Å². The Hall–Kier alpha value is -0.860. The Kier molecular flexibility index (Phi) is 6.05.